The zero-order valence-electron chi connectivity index (χ0n) is 11.2. The van der Waals surface area contributed by atoms with E-state index in [2.05, 4.69) is 57.5 Å². The molecule has 1 N–H and O–H groups in total. The third-order valence-corrected chi connectivity index (χ3v) is 4.49. The maximum Gasteiger partial charge on any atom is 0.0241 e. The second-order valence-corrected chi connectivity index (χ2v) is 6.18. The van der Waals surface area contributed by atoms with Gasteiger partial charge in [0.1, 0.15) is 0 Å². The van der Waals surface area contributed by atoms with Crippen LogP contribution in [-0.4, -0.2) is 31.6 Å². The lowest BCUT2D eigenvalue weighted by Crippen LogP contribution is -2.32. The number of benzene rings is 1. The van der Waals surface area contributed by atoms with E-state index in [4.69, 9.17) is 0 Å². The van der Waals surface area contributed by atoms with E-state index in [0.29, 0.717) is 0 Å². The molecule has 1 aromatic carbocycles. The first-order valence-electron chi connectivity index (χ1n) is 6.88. The molecule has 18 heavy (non-hydrogen) atoms. The van der Waals surface area contributed by atoms with Gasteiger partial charge in [-0.3, -0.25) is 0 Å². The number of nitrogens with zero attached hydrogens (tertiary/aromatic N) is 1. The van der Waals surface area contributed by atoms with Crippen molar-refractivity contribution in [2.75, 3.05) is 26.7 Å². The minimum Gasteiger partial charge on any atom is -0.316 e. The summed E-state index contributed by atoms with van der Waals surface area (Å²) in [4.78, 5) is 2.43. The topological polar surface area (TPSA) is 15.3 Å². The van der Waals surface area contributed by atoms with Crippen molar-refractivity contribution in [1.82, 2.24) is 10.2 Å². The molecule has 0 amide bonds. The van der Waals surface area contributed by atoms with Gasteiger partial charge in [0.2, 0.25) is 0 Å². The Morgan fingerprint density at radius 3 is 2.94 bits per heavy atom. The second kappa shape index (κ2) is 7.27. The highest BCUT2D eigenvalue weighted by atomic mass is 79.9. The lowest BCUT2D eigenvalue weighted by molar-refractivity contribution is 0.268. The molecular weight excluding hydrogens is 288 g/mol. The van der Waals surface area contributed by atoms with Gasteiger partial charge in [0.25, 0.3) is 0 Å². The van der Waals surface area contributed by atoms with Crippen molar-refractivity contribution in [3.8, 4) is 0 Å². The zero-order valence-corrected chi connectivity index (χ0v) is 12.7. The van der Waals surface area contributed by atoms with E-state index >= 15 is 0 Å². The Balaban J connectivity index is 1.74. The molecule has 1 unspecified atom stereocenters. The Hall–Kier alpha value is -0.380. The average Bonchev–Trinajstić information content (AvgIpc) is 2.40. The third kappa shape index (κ3) is 4.38. The summed E-state index contributed by atoms with van der Waals surface area (Å²) in [6, 6.07) is 8.50. The molecule has 0 bridgehead atoms. The summed E-state index contributed by atoms with van der Waals surface area (Å²) < 4.78 is 1.22. The lowest BCUT2D eigenvalue weighted by atomic mass is 9.96. The van der Waals surface area contributed by atoms with Gasteiger partial charge in [-0.2, -0.15) is 0 Å². The number of rotatable bonds is 5. The standard InChI is InChI=1S/C15H23BrN2/c1-18(10-8-13-5-4-9-17-11-13)12-14-6-2-3-7-15(14)16/h2-3,6-7,13,17H,4-5,8-12H2,1H3. The first kappa shape index (κ1) is 14.0. The molecule has 1 aliphatic rings. The van der Waals surface area contributed by atoms with Crippen LogP contribution in [0.2, 0.25) is 0 Å². The molecule has 0 aromatic heterocycles. The predicted molar refractivity (Wildman–Crippen MR) is 80.7 cm³/mol. The summed E-state index contributed by atoms with van der Waals surface area (Å²) >= 11 is 3.62. The fraction of sp³-hybridized carbons (Fsp3) is 0.600. The molecule has 1 aliphatic heterocycles. The Morgan fingerprint density at radius 1 is 1.39 bits per heavy atom. The zero-order chi connectivity index (χ0) is 12.8. The molecule has 1 saturated heterocycles. The van der Waals surface area contributed by atoms with Crippen LogP contribution < -0.4 is 5.32 Å². The Bertz CT molecular complexity index is 361. The van der Waals surface area contributed by atoms with E-state index in [1.165, 1.54) is 48.9 Å². The number of halogens is 1. The molecule has 0 aliphatic carbocycles. The Morgan fingerprint density at radius 2 is 2.22 bits per heavy atom. The predicted octanol–water partition coefficient (Wildman–Crippen LogP) is 3.27. The molecule has 100 valence electrons. The summed E-state index contributed by atoms with van der Waals surface area (Å²) in [5.74, 6) is 0.875. The molecule has 1 aromatic rings. The highest BCUT2D eigenvalue weighted by Gasteiger charge is 2.13. The van der Waals surface area contributed by atoms with E-state index in [1.807, 2.05) is 0 Å². The quantitative estimate of drug-likeness (QED) is 0.898. The van der Waals surface area contributed by atoms with Crippen LogP contribution in [0.3, 0.4) is 0 Å². The summed E-state index contributed by atoms with van der Waals surface area (Å²) in [5, 5.41) is 3.49. The van der Waals surface area contributed by atoms with Crippen LogP contribution >= 0.6 is 15.9 Å². The van der Waals surface area contributed by atoms with Crippen molar-refractivity contribution in [3.05, 3.63) is 34.3 Å². The van der Waals surface area contributed by atoms with Gasteiger partial charge in [-0.05, 0) is 63.5 Å². The van der Waals surface area contributed by atoms with Gasteiger partial charge in [-0.15, -0.1) is 0 Å². The number of hydrogen-bond donors (Lipinski definition) is 1. The molecule has 1 heterocycles. The minimum absolute atomic E-state index is 0.875. The molecule has 2 nitrogen and oxygen atoms in total. The molecule has 0 saturated carbocycles. The molecule has 0 spiro atoms. The van der Waals surface area contributed by atoms with Crippen LogP contribution in [0.15, 0.2) is 28.7 Å². The first-order valence-corrected chi connectivity index (χ1v) is 7.67. The normalized spacial score (nSPS) is 20.3. The summed E-state index contributed by atoms with van der Waals surface area (Å²) in [5.41, 5.74) is 1.38. The highest BCUT2D eigenvalue weighted by Crippen LogP contribution is 2.18. The van der Waals surface area contributed by atoms with Gasteiger partial charge in [0.05, 0.1) is 0 Å². The van der Waals surface area contributed by atoms with Crippen molar-refractivity contribution in [2.24, 2.45) is 5.92 Å². The van der Waals surface area contributed by atoms with Gasteiger partial charge in [-0.1, -0.05) is 34.1 Å². The van der Waals surface area contributed by atoms with E-state index in [9.17, 15) is 0 Å². The summed E-state index contributed by atoms with van der Waals surface area (Å²) in [7, 11) is 2.22. The van der Waals surface area contributed by atoms with Crippen LogP contribution in [0, 0.1) is 5.92 Å². The van der Waals surface area contributed by atoms with Crippen LogP contribution in [0.4, 0.5) is 0 Å². The first-order chi connectivity index (χ1) is 8.75. The smallest absolute Gasteiger partial charge is 0.0241 e. The van der Waals surface area contributed by atoms with E-state index < -0.39 is 0 Å². The highest BCUT2D eigenvalue weighted by molar-refractivity contribution is 9.10. The molecular formula is C15H23BrN2. The van der Waals surface area contributed by atoms with Crippen LogP contribution in [0.1, 0.15) is 24.8 Å². The molecule has 2 rings (SSSR count). The fourth-order valence-corrected chi connectivity index (χ4v) is 2.98. The van der Waals surface area contributed by atoms with E-state index in [-0.39, 0.29) is 0 Å². The minimum atomic E-state index is 0.875. The van der Waals surface area contributed by atoms with E-state index in [1.54, 1.807) is 0 Å². The van der Waals surface area contributed by atoms with Crippen molar-refractivity contribution < 1.29 is 0 Å². The van der Waals surface area contributed by atoms with Crippen molar-refractivity contribution in [3.63, 3.8) is 0 Å². The molecule has 1 atom stereocenters. The lowest BCUT2D eigenvalue weighted by Gasteiger charge is -2.25. The number of nitrogens with one attached hydrogen (secondary N) is 1. The Kier molecular flexibility index (Phi) is 5.67. The van der Waals surface area contributed by atoms with Gasteiger partial charge >= 0.3 is 0 Å². The maximum absolute atomic E-state index is 3.62. The summed E-state index contributed by atoms with van der Waals surface area (Å²) in [6.45, 7) is 4.64. The number of hydrogen-bond acceptors (Lipinski definition) is 2. The maximum atomic E-state index is 3.62. The number of piperidine rings is 1. The SMILES string of the molecule is CN(CCC1CCCNC1)Cc1ccccc1Br. The van der Waals surface area contributed by atoms with Gasteiger partial charge in [-0.25, -0.2) is 0 Å². The van der Waals surface area contributed by atoms with E-state index in [0.717, 1.165) is 12.5 Å². The van der Waals surface area contributed by atoms with Crippen molar-refractivity contribution in [2.45, 2.75) is 25.8 Å². The van der Waals surface area contributed by atoms with Crippen LogP contribution in [0.25, 0.3) is 0 Å². The largest absolute Gasteiger partial charge is 0.316 e. The average molecular weight is 311 g/mol. The van der Waals surface area contributed by atoms with Crippen LogP contribution in [-0.2, 0) is 6.54 Å². The summed E-state index contributed by atoms with van der Waals surface area (Å²) in [6.07, 6.45) is 4.06. The fourth-order valence-electron chi connectivity index (χ4n) is 2.57. The Labute approximate surface area is 119 Å². The van der Waals surface area contributed by atoms with Gasteiger partial charge < -0.3 is 10.2 Å². The van der Waals surface area contributed by atoms with Crippen molar-refractivity contribution in [1.29, 1.82) is 0 Å². The second-order valence-electron chi connectivity index (χ2n) is 5.33. The molecule has 1 fully saturated rings. The third-order valence-electron chi connectivity index (χ3n) is 3.72. The molecule has 3 heteroatoms. The van der Waals surface area contributed by atoms with Gasteiger partial charge in [0, 0.05) is 11.0 Å². The molecule has 0 radical (unpaired) electrons. The van der Waals surface area contributed by atoms with Crippen molar-refractivity contribution >= 4 is 15.9 Å². The monoisotopic (exact) mass is 310 g/mol. The van der Waals surface area contributed by atoms with Gasteiger partial charge in [0.15, 0.2) is 0 Å². The van der Waals surface area contributed by atoms with Crippen LogP contribution in [0.5, 0.6) is 0 Å².